The van der Waals surface area contributed by atoms with E-state index >= 15 is 0 Å². The minimum absolute atomic E-state index is 0.106. The highest BCUT2D eigenvalue weighted by molar-refractivity contribution is 6.05. The van der Waals surface area contributed by atoms with E-state index in [1.807, 2.05) is 19.1 Å². The van der Waals surface area contributed by atoms with E-state index in [2.05, 4.69) is 20.1 Å². The second-order valence-corrected chi connectivity index (χ2v) is 5.82. The van der Waals surface area contributed by atoms with E-state index in [0.29, 0.717) is 23.9 Å². The molecule has 1 aliphatic carbocycles. The van der Waals surface area contributed by atoms with Crippen molar-refractivity contribution in [3.8, 4) is 0 Å². The normalized spacial score (nSPS) is 14.1. The monoisotopic (exact) mass is 308 g/mol. The highest BCUT2D eigenvalue weighted by Gasteiger charge is 2.29. The van der Waals surface area contributed by atoms with Crippen molar-refractivity contribution in [2.75, 3.05) is 11.4 Å². The fourth-order valence-corrected chi connectivity index (χ4v) is 2.60. The van der Waals surface area contributed by atoms with E-state index in [4.69, 9.17) is 0 Å². The summed E-state index contributed by atoms with van der Waals surface area (Å²) in [5.74, 6) is 0.894. The second-order valence-electron chi connectivity index (χ2n) is 5.82. The van der Waals surface area contributed by atoms with Crippen LogP contribution in [0.4, 0.5) is 5.69 Å². The zero-order chi connectivity index (χ0) is 15.8. The first kappa shape index (κ1) is 13.8. The molecular weight excluding hydrogens is 292 g/mol. The van der Waals surface area contributed by atoms with Crippen LogP contribution in [0.25, 0.3) is 5.78 Å². The number of hydrogen-bond donors (Lipinski definition) is 0. The smallest absolute Gasteiger partial charge is 0.277 e. The van der Waals surface area contributed by atoms with E-state index < -0.39 is 0 Å². The van der Waals surface area contributed by atoms with Crippen molar-refractivity contribution in [2.24, 2.45) is 5.92 Å². The molecule has 4 rings (SSSR count). The quantitative estimate of drug-likeness (QED) is 0.735. The van der Waals surface area contributed by atoms with Gasteiger partial charge in [-0.3, -0.25) is 9.78 Å². The van der Waals surface area contributed by atoms with Crippen LogP contribution >= 0.6 is 0 Å². The lowest BCUT2D eigenvalue weighted by atomic mass is 10.2. The molecule has 7 heteroatoms. The third-order valence-corrected chi connectivity index (χ3v) is 3.94. The van der Waals surface area contributed by atoms with Crippen LogP contribution in [0, 0.1) is 12.8 Å². The van der Waals surface area contributed by atoms with Crippen molar-refractivity contribution < 1.29 is 4.79 Å². The van der Waals surface area contributed by atoms with E-state index in [9.17, 15) is 4.79 Å². The van der Waals surface area contributed by atoms with Gasteiger partial charge in [0.15, 0.2) is 0 Å². The van der Waals surface area contributed by atoms with Gasteiger partial charge in [0.1, 0.15) is 12.0 Å². The molecule has 116 valence electrons. The van der Waals surface area contributed by atoms with Gasteiger partial charge in [-0.15, -0.1) is 0 Å². The van der Waals surface area contributed by atoms with Crippen molar-refractivity contribution in [1.29, 1.82) is 0 Å². The van der Waals surface area contributed by atoms with E-state index in [0.717, 1.165) is 24.2 Å². The molecule has 1 saturated carbocycles. The number of hydrogen-bond acceptors (Lipinski definition) is 5. The van der Waals surface area contributed by atoms with Gasteiger partial charge in [-0.2, -0.15) is 14.6 Å². The Hall–Kier alpha value is -2.83. The number of carbonyl (C=O) groups excluding carboxylic acids is 1. The van der Waals surface area contributed by atoms with E-state index in [1.165, 1.54) is 10.8 Å². The van der Waals surface area contributed by atoms with Crippen LogP contribution in [0.15, 0.2) is 36.9 Å². The molecule has 1 aliphatic rings. The van der Waals surface area contributed by atoms with Gasteiger partial charge < -0.3 is 4.90 Å². The lowest BCUT2D eigenvalue weighted by molar-refractivity contribution is 0.0978. The van der Waals surface area contributed by atoms with Gasteiger partial charge in [0.25, 0.3) is 11.7 Å². The number of anilines is 1. The topological polar surface area (TPSA) is 76.3 Å². The Kier molecular flexibility index (Phi) is 3.25. The van der Waals surface area contributed by atoms with E-state index in [-0.39, 0.29) is 5.91 Å². The minimum atomic E-state index is -0.106. The lowest BCUT2D eigenvalue weighted by Crippen LogP contribution is -2.34. The summed E-state index contributed by atoms with van der Waals surface area (Å²) in [7, 11) is 0. The molecule has 3 aromatic rings. The van der Waals surface area contributed by atoms with Crippen LogP contribution in [-0.2, 0) is 0 Å². The van der Waals surface area contributed by atoms with Crippen LogP contribution in [0.3, 0.4) is 0 Å². The fraction of sp³-hybridized carbons (Fsp3) is 0.312. The van der Waals surface area contributed by atoms with Gasteiger partial charge in [-0.05, 0) is 43.9 Å². The first-order valence-corrected chi connectivity index (χ1v) is 7.61. The number of aryl methyl sites for hydroxylation is 1. The highest BCUT2D eigenvalue weighted by Crippen LogP contribution is 2.32. The van der Waals surface area contributed by atoms with Crippen LogP contribution in [0.5, 0.6) is 0 Å². The molecule has 0 aromatic carbocycles. The molecule has 7 nitrogen and oxygen atoms in total. The molecule has 1 fully saturated rings. The molecule has 23 heavy (non-hydrogen) atoms. The predicted octanol–water partition coefficient (Wildman–Crippen LogP) is 1.88. The van der Waals surface area contributed by atoms with E-state index in [1.54, 1.807) is 23.4 Å². The van der Waals surface area contributed by atoms with Crippen molar-refractivity contribution in [3.05, 3.63) is 48.3 Å². The molecular formula is C16H16N6O. The minimum Gasteiger partial charge on any atom is -0.305 e. The fourth-order valence-electron chi connectivity index (χ4n) is 2.60. The number of amides is 1. The first-order valence-electron chi connectivity index (χ1n) is 7.61. The second kappa shape index (κ2) is 5.42. The maximum atomic E-state index is 13.2. The molecule has 3 aromatic heterocycles. The number of nitrogens with zero attached hydrogens (tertiary/aromatic N) is 6. The first-order chi connectivity index (χ1) is 11.2. The third-order valence-electron chi connectivity index (χ3n) is 3.94. The summed E-state index contributed by atoms with van der Waals surface area (Å²) in [5, 5.41) is 4.13. The van der Waals surface area contributed by atoms with Crippen molar-refractivity contribution in [3.63, 3.8) is 0 Å². The summed E-state index contributed by atoms with van der Waals surface area (Å²) < 4.78 is 1.49. The zero-order valence-electron chi connectivity index (χ0n) is 12.8. The summed E-state index contributed by atoms with van der Waals surface area (Å²) in [6.07, 6.45) is 7.16. The van der Waals surface area contributed by atoms with Crippen LogP contribution in [0.2, 0.25) is 0 Å². The Balaban J connectivity index is 1.78. The van der Waals surface area contributed by atoms with Crippen LogP contribution < -0.4 is 4.90 Å². The molecule has 0 unspecified atom stereocenters. The number of fused-ring (bicyclic) bond motifs is 1. The van der Waals surface area contributed by atoms with Crippen molar-refractivity contribution in [1.82, 2.24) is 24.6 Å². The SMILES string of the molecule is Cc1cc(C(=O)N(CC2CC2)c2cccnc2)n2ncnc2n1. The molecule has 3 heterocycles. The molecule has 0 atom stereocenters. The van der Waals surface area contributed by atoms with Gasteiger partial charge in [-0.25, -0.2) is 4.98 Å². The predicted molar refractivity (Wildman–Crippen MR) is 84.2 cm³/mol. The van der Waals surface area contributed by atoms with Crippen molar-refractivity contribution >= 4 is 17.4 Å². The maximum absolute atomic E-state index is 13.2. The maximum Gasteiger partial charge on any atom is 0.277 e. The number of rotatable bonds is 4. The Morgan fingerprint density at radius 3 is 3.04 bits per heavy atom. The lowest BCUT2D eigenvalue weighted by Gasteiger charge is -2.22. The Morgan fingerprint density at radius 1 is 1.43 bits per heavy atom. The van der Waals surface area contributed by atoms with Gasteiger partial charge in [0.2, 0.25) is 0 Å². The number of carbonyl (C=O) groups is 1. The zero-order valence-corrected chi connectivity index (χ0v) is 12.8. The average Bonchev–Trinajstić information content (AvgIpc) is 3.27. The van der Waals surface area contributed by atoms with Crippen molar-refractivity contribution in [2.45, 2.75) is 19.8 Å². The molecule has 0 aliphatic heterocycles. The highest BCUT2D eigenvalue weighted by atomic mass is 16.2. The third kappa shape index (κ3) is 2.65. The van der Waals surface area contributed by atoms with Gasteiger partial charge in [0, 0.05) is 18.4 Å². The molecule has 0 bridgehead atoms. The van der Waals surface area contributed by atoms with Crippen LogP contribution in [-0.4, -0.2) is 37.0 Å². The van der Waals surface area contributed by atoms with Gasteiger partial charge in [-0.1, -0.05) is 0 Å². The Morgan fingerprint density at radius 2 is 2.30 bits per heavy atom. The molecule has 0 spiro atoms. The summed E-state index contributed by atoms with van der Waals surface area (Å²) in [6.45, 7) is 2.54. The number of aromatic nitrogens is 5. The summed E-state index contributed by atoms with van der Waals surface area (Å²) in [5.41, 5.74) is 2.01. The largest absolute Gasteiger partial charge is 0.305 e. The molecule has 0 N–H and O–H groups in total. The number of pyridine rings is 1. The molecule has 0 saturated heterocycles. The molecule has 0 radical (unpaired) electrons. The Bertz CT molecular complexity index is 855. The molecule has 1 amide bonds. The van der Waals surface area contributed by atoms with Gasteiger partial charge >= 0.3 is 0 Å². The summed E-state index contributed by atoms with van der Waals surface area (Å²) in [4.78, 5) is 27.4. The Labute approximate surface area is 133 Å². The van der Waals surface area contributed by atoms with Crippen LogP contribution in [0.1, 0.15) is 29.0 Å². The summed E-state index contributed by atoms with van der Waals surface area (Å²) >= 11 is 0. The standard InChI is InChI=1S/C16H16N6O/c1-11-7-14(22-16(20-11)18-10-19-22)15(23)21(9-12-4-5-12)13-3-2-6-17-8-13/h2-3,6-8,10,12H,4-5,9H2,1H3. The summed E-state index contributed by atoms with van der Waals surface area (Å²) in [6, 6.07) is 5.49. The van der Waals surface area contributed by atoms with Gasteiger partial charge in [0.05, 0.1) is 11.9 Å². The average molecular weight is 308 g/mol.